The van der Waals surface area contributed by atoms with Gasteiger partial charge in [0, 0.05) is 42.8 Å². The van der Waals surface area contributed by atoms with Crippen molar-refractivity contribution in [1.82, 2.24) is 4.90 Å². The number of hydrogen-bond donors (Lipinski definition) is 0. The minimum absolute atomic E-state index is 0.165. The van der Waals surface area contributed by atoms with Crippen LogP contribution in [-0.4, -0.2) is 50.2 Å². The number of halogens is 1. The molecular formula is C16H21ClN2O2. The molecule has 0 radical (unpaired) electrons. The Hall–Kier alpha value is -1.26. The van der Waals surface area contributed by atoms with Crippen molar-refractivity contribution in [2.45, 2.75) is 12.8 Å². The summed E-state index contributed by atoms with van der Waals surface area (Å²) in [5.41, 5.74) is 1.15. The summed E-state index contributed by atoms with van der Waals surface area (Å²) >= 11 is 6.05. The molecule has 2 aliphatic heterocycles. The number of benzene rings is 1. The number of carbonyl (C=O) groups is 1. The van der Waals surface area contributed by atoms with E-state index in [4.69, 9.17) is 16.3 Å². The molecule has 1 amide bonds. The summed E-state index contributed by atoms with van der Waals surface area (Å²) in [6.45, 7) is 4.67. The van der Waals surface area contributed by atoms with E-state index in [1.807, 2.05) is 23.1 Å². The molecule has 2 aliphatic rings. The highest BCUT2D eigenvalue weighted by Crippen LogP contribution is 2.26. The summed E-state index contributed by atoms with van der Waals surface area (Å²) in [6, 6.07) is 7.93. The highest BCUT2D eigenvalue weighted by molar-refractivity contribution is 6.30. The molecule has 0 aliphatic carbocycles. The molecule has 0 N–H and O–H groups in total. The third-order valence-electron chi connectivity index (χ3n) is 4.34. The predicted molar refractivity (Wildman–Crippen MR) is 83.8 cm³/mol. The van der Waals surface area contributed by atoms with Gasteiger partial charge in [0.25, 0.3) is 0 Å². The maximum absolute atomic E-state index is 12.5. The Morgan fingerprint density at radius 2 is 1.86 bits per heavy atom. The van der Waals surface area contributed by atoms with E-state index < -0.39 is 0 Å². The van der Waals surface area contributed by atoms with Gasteiger partial charge in [-0.25, -0.2) is 0 Å². The molecule has 0 spiro atoms. The maximum Gasteiger partial charge on any atom is 0.225 e. The minimum Gasteiger partial charge on any atom is -0.378 e. The lowest BCUT2D eigenvalue weighted by Crippen LogP contribution is -2.46. The van der Waals surface area contributed by atoms with Gasteiger partial charge in [-0.3, -0.25) is 4.79 Å². The van der Waals surface area contributed by atoms with Crippen LogP contribution in [0, 0.1) is 5.92 Å². The molecule has 4 nitrogen and oxygen atoms in total. The Bertz CT molecular complexity index is 495. The monoisotopic (exact) mass is 308 g/mol. The second kappa shape index (κ2) is 6.67. The smallest absolute Gasteiger partial charge is 0.225 e. The van der Waals surface area contributed by atoms with Gasteiger partial charge in [0.05, 0.1) is 13.2 Å². The van der Waals surface area contributed by atoms with E-state index >= 15 is 0 Å². The second-order valence-corrected chi connectivity index (χ2v) is 6.12. The van der Waals surface area contributed by atoms with Gasteiger partial charge in [0.2, 0.25) is 5.91 Å². The van der Waals surface area contributed by atoms with Crippen LogP contribution in [0.5, 0.6) is 0 Å². The van der Waals surface area contributed by atoms with Crippen LogP contribution in [0.25, 0.3) is 0 Å². The normalized spacial score (nSPS) is 20.6. The molecule has 0 bridgehead atoms. The molecule has 1 aromatic carbocycles. The van der Waals surface area contributed by atoms with Gasteiger partial charge in [0.15, 0.2) is 0 Å². The Morgan fingerprint density at radius 1 is 1.14 bits per heavy atom. The van der Waals surface area contributed by atoms with Crippen LogP contribution in [-0.2, 0) is 9.53 Å². The number of piperidine rings is 1. The topological polar surface area (TPSA) is 32.8 Å². The number of ether oxygens (including phenoxy) is 1. The largest absolute Gasteiger partial charge is 0.378 e. The Morgan fingerprint density at radius 3 is 2.52 bits per heavy atom. The molecule has 0 atom stereocenters. The van der Waals surface area contributed by atoms with Gasteiger partial charge in [0.1, 0.15) is 0 Å². The van der Waals surface area contributed by atoms with E-state index in [0.717, 1.165) is 49.7 Å². The minimum atomic E-state index is 0.165. The van der Waals surface area contributed by atoms with Crippen molar-refractivity contribution in [2.75, 3.05) is 44.3 Å². The summed E-state index contributed by atoms with van der Waals surface area (Å²) < 4.78 is 5.31. The molecule has 2 fully saturated rings. The van der Waals surface area contributed by atoms with Gasteiger partial charge in [-0.2, -0.15) is 0 Å². The molecule has 5 heteroatoms. The van der Waals surface area contributed by atoms with Crippen molar-refractivity contribution in [1.29, 1.82) is 0 Å². The van der Waals surface area contributed by atoms with Crippen LogP contribution in [0.3, 0.4) is 0 Å². The van der Waals surface area contributed by atoms with E-state index in [-0.39, 0.29) is 5.92 Å². The Kier molecular flexibility index (Phi) is 4.66. The molecule has 21 heavy (non-hydrogen) atoms. The lowest BCUT2D eigenvalue weighted by molar-refractivity contribution is -0.140. The molecule has 0 saturated carbocycles. The van der Waals surface area contributed by atoms with Crippen molar-refractivity contribution in [2.24, 2.45) is 5.92 Å². The van der Waals surface area contributed by atoms with Crippen LogP contribution < -0.4 is 4.90 Å². The fourth-order valence-electron chi connectivity index (χ4n) is 3.10. The van der Waals surface area contributed by atoms with Crippen LogP contribution in [0.2, 0.25) is 5.02 Å². The van der Waals surface area contributed by atoms with E-state index in [0.29, 0.717) is 19.1 Å². The van der Waals surface area contributed by atoms with Crippen molar-refractivity contribution in [3.63, 3.8) is 0 Å². The SMILES string of the molecule is O=C(C1CCN(c2cccc(Cl)c2)CC1)N1CCOCC1. The first-order valence-corrected chi connectivity index (χ1v) is 7.99. The first kappa shape index (κ1) is 14.7. The molecule has 2 heterocycles. The van der Waals surface area contributed by atoms with Crippen molar-refractivity contribution in [3.8, 4) is 0 Å². The first-order valence-electron chi connectivity index (χ1n) is 7.61. The number of carbonyl (C=O) groups excluding carboxylic acids is 1. The first-order chi connectivity index (χ1) is 10.2. The number of anilines is 1. The Balaban J connectivity index is 1.56. The lowest BCUT2D eigenvalue weighted by Gasteiger charge is -2.36. The Labute approximate surface area is 130 Å². The maximum atomic E-state index is 12.5. The van der Waals surface area contributed by atoms with Crippen LogP contribution in [0.4, 0.5) is 5.69 Å². The number of hydrogen-bond acceptors (Lipinski definition) is 3. The lowest BCUT2D eigenvalue weighted by atomic mass is 9.94. The van der Waals surface area contributed by atoms with Gasteiger partial charge in [-0.05, 0) is 31.0 Å². The molecule has 0 unspecified atom stereocenters. The number of morpholine rings is 1. The third-order valence-corrected chi connectivity index (χ3v) is 4.58. The van der Waals surface area contributed by atoms with Crippen LogP contribution in [0.1, 0.15) is 12.8 Å². The highest BCUT2D eigenvalue weighted by atomic mass is 35.5. The zero-order valence-corrected chi connectivity index (χ0v) is 12.9. The molecule has 3 rings (SSSR count). The number of rotatable bonds is 2. The fraction of sp³-hybridized carbons (Fsp3) is 0.562. The zero-order chi connectivity index (χ0) is 14.7. The van der Waals surface area contributed by atoms with Gasteiger partial charge < -0.3 is 14.5 Å². The standard InChI is InChI=1S/C16H21ClN2O2/c17-14-2-1-3-15(12-14)18-6-4-13(5-7-18)16(20)19-8-10-21-11-9-19/h1-3,12-13H,4-11H2. The predicted octanol–water partition coefficient (Wildman–Crippen LogP) is 2.42. The average molecular weight is 309 g/mol. The highest BCUT2D eigenvalue weighted by Gasteiger charge is 2.29. The molecule has 2 saturated heterocycles. The van der Waals surface area contributed by atoms with E-state index in [9.17, 15) is 4.79 Å². The van der Waals surface area contributed by atoms with E-state index in [1.54, 1.807) is 0 Å². The van der Waals surface area contributed by atoms with Crippen molar-refractivity contribution in [3.05, 3.63) is 29.3 Å². The molecular weight excluding hydrogens is 288 g/mol. The zero-order valence-electron chi connectivity index (χ0n) is 12.1. The van der Waals surface area contributed by atoms with Crippen molar-refractivity contribution >= 4 is 23.2 Å². The van der Waals surface area contributed by atoms with Gasteiger partial charge in [-0.15, -0.1) is 0 Å². The number of amides is 1. The molecule has 0 aromatic heterocycles. The summed E-state index contributed by atoms with van der Waals surface area (Å²) in [5.74, 6) is 0.475. The van der Waals surface area contributed by atoms with Gasteiger partial charge >= 0.3 is 0 Å². The third kappa shape index (κ3) is 3.50. The molecule has 1 aromatic rings. The summed E-state index contributed by atoms with van der Waals surface area (Å²) in [4.78, 5) is 16.8. The van der Waals surface area contributed by atoms with E-state index in [1.165, 1.54) is 0 Å². The summed E-state index contributed by atoms with van der Waals surface area (Å²) in [6.07, 6.45) is 1.84. The quantitative estimate of drug-likeness (QED) is 0.841. The fourth-order valence-corrected chi connectivity index (χ4v) is 3.28. The van der Waals surface area contributed by atoms with Gasteiger partial charge in [-0.1, -0.05) is 17.7 Å². The average Bonchev–Trinajstić information content (AvgIpc) is 2.55. The van der Waals surface area contributed by atoms with Crippen LogP contribution >= 0.6 is 11.6 Å². The van der Waals surface area contributed by atoms with E-state index in [2.05, 4.69) is 11.0 Å². The van der Waals surface area contributed by atoms with Crippen LogP contribution in [0.15, 0.2) is 24.3 Å². The summed E-state index contributed by atoms with van der Waals surface area (Å²) in [5, 5.41) is 0.763. The second-order valence-electron chi connectivity index (χ2n) is 5.68. The molecule has 114 valence electrons. The van der Waals surface area contributed by atoms with Crippen molar-refractivity contribution < 1.29 is 9.53 Å². The summed E-state index contributed by atoms with van der Waals surface area (Å²) in [7, 11) is 0. The number of nitrogens with zero attached hydrogens (tertiary/aromatic N) is 2.